The van der Waals surface area contributed by atoms with Crippen molar-refractivity contribution in [1.82, 2.24) is 10.3 Å². The van der Waals surface area contributed by atoms with Gasteiger partial charge in [-0.2, -0.15) is 0 Å². The minimum Gasteiger partial charge on any atom is -0.316 e. The molecule has 0 atom stereocenters. The average molecular weight is 238 g/mol. The van der Waals surface area contributed by atoms with Crippen molar-refractivity contribution in [3.8, 4) is 0 Å². The van der Waals surface area contributed by atoms with Crippen LogP contribution in [-0.4, -0.2) is 18.1 Å². The van der Waals surface area contributed by atoms with E-state index < -0.39 is 0 Å². The Labute approximate surface area is 103 Å². The third-order valence-electron chi connectivity index (χ3n) is 2.49. The minimum atomic E-state index is 1.05. The summed E-state index contributed by atoms with van der Waals surface area (Å²) in [6, 6.07) is 0. The van der Waals surface area contributed by atoms with Crippen LogP contribution in [-0.2, 0) is 6.42 Å². The van der Waals surface area contributed by atoms with E-state index in [1.54, 1.807) is 11.3 Å². The quantitative estimate of drug-likeness (QED) is 0.527. The normalized spacial score (nSPS) is 10.6. The van der Waals surface area contributed by atoms with E-state index in [1.165, 1.54) is 30.0 Å². The summed E-state index contributed by atoms with van der Waals surface area (Å²) >= 11 is 1.73. The number of aromatic nitrogens is 1. The lowest BCUT2D eigenvalue weighted by Gasteiger charge is -2.02. The summed E-state index contributed by atoms with van der Waals surface area (Å²) in [6.07, 6.45) is 8.04. The summed E-state index contributed by atoms with van der Waals surface area (Å²) in [5.74, 6) is 0. The van der Waals surface area contributed by atoms with E-state index in [2.05, 4.69) is 29.2 Å². The fourth-order valence-corrected chi connectivity index (χ4v) is 2.23. The molecular formula is C13H22N2S. The first-order chi connectivity index (χ1) is 7.83. The highest BCUT2D eigenvalue weighted by molar-refractivity contribution is 7.09. The topological polar surface area (TPSA) is 24.9 Å². The molecule has 0 saturated heterocycles. The Bertz CT molecular complexity index is 294. The molecule has 0 aliphatic rings. The first kappa shape index (κ1) is 13.4. The number of hydrogen-bond acceptors (Lipinski definition) is 3. The zero-order valence-corrected chi connectivity index (χ0v) is 11.0. The van der Waals surface area contributed by atoms with Gasteiger partial charge in [-0.25, -0.2) is 4.98 Å². The van der Waals surface area contributed by atoms with Crippen LogP contribution in [0.5, 0.6) is 0 Å². The van der Waals surface area contributed by atoms with Gasteiger partial charge < -0.3 is 5.32 Å². The van der Waals surface area contributed by atoms with Crippen LogP contribution in [0.4, 0.5) is 0 Å². The van der Waals surface area contributed by atoms with E-state index in [-0.39, 0.29) is 0 Å². The first-order valence-electron chi connectivity index (χ1n) is 6.05. The highest BCUT2D eigenvalue weighted by Crippen LogP contribution is 2.07. The van der Waals surface area contributed by atoms with Gasteiger partial charge in [0, 0.05) is 18.3 Å². The molecule has 0 aromatic carbocycles. The molecule has 90 valence electrons. The van der Waals surface area contributed by atoms with E-state index in [0.717, 1.165) is 25.9 Å². The lowest BCUT2D eigenvalue weighted by Crippen LogP contribution is -2.18. The molecule has 1 N–H and O–H groups in total. The molecule has 0 fully saturated rings. The van der Waals surface area contributed by atoms with E-state index in [1.807, 2.05) is 6.08 Å². The van der Waals surface area contributed by atoms with E-state index in [4.69, 9.17) is 0 Å². The summed E-state index contributed by atoms with van der Waals surface area (Å²) in [7, 11) is 0. The van der Waals surface area contributed by atoms with Gasteiger partial charge in [-0.3, -0.25) is 0 Å². The van der Waals surface area contributed by atoms with Gasteiger partial charge in [0.25, 0.3) is 0 Å². The summed E-state index contributed by atoms with van der Waals surface area (Å²) < 4.78 is 0. The van der Waals surface area contributed by atoms with Crippen LogP contribution in [0, 0.1) is 6.92 Å². The third-order valence-corrected chi connectivity index (χ3v) is 3.31. The van der Waals surface area contributed by atoms with Gasteiger partial charge >= 0.3 is 0 Å². The standard InChI is InChI=1S/C13H22N2S/c1-3-4-5-6-7-9-14-10-8-13-11-16-12(2)15-13/h3,11,14H,1,4-10H2,2H3. The molecule has 3 heteroatoms. The zero-order valence-electron chi connectivity index (χ0n) is 10.2. The number of thiazole rings is 1. The second-order valence-electron chi connectivity index (χ2n) is 4.00. The smallest absolute Gasteiger partial charge is 0.0897 e. The fourth-order valence-electron chi connectivity index (χ4n) is 1.58. The summed E-state index contributed by atoms with van der Waals surface area (Å²) in [5, 5.41) is 6.78. The Morgan fingerprint density at radius 1 is 1.38 bits per heavy atom. The van der Waals surface area contributed by atoms with Gasteiger partial charge in [-0.05, 0) is 32.7 Å². The maximum atomic E-state index is 4.44. The number of hydrogen-bond donors (Lipinski definition) is 1. The monoisotopic (exact) mass is 238 g/mol. The molecule has 16 heavy (non-hydrogen) atoms. The molecule has 1 rings (SSSR count). The Morgan fingerprint density at radius 3 is 2.94 bits per heavy atom. The maximum absolute atomic E-state index is 4.44. The second-order valence-corrected chi connectivity index (χ2v) is 5.06. The lowest BCUT2D eigenvalue weighted by molar-refractivity contribution is 0.604. The molecule has 0 aliphatic carbocycles. The van der Waals surface area contributed by atoms with Crippen LogP contribution in [0.25, 0.3) is 0 Å². The largest absolute Gasteiger partial charge is 0.316 e. The van der Waals surface area contributed by atoms with Gasteiger partial charge in [-0.1, -0.05) is 12.5 Å². The van der Waals surface area contributed by atoms with Crippen molar-refractivity contribution >= 4 is 11.3 Å². The molecule has 2 nitrogen and oxygen atoms in total. The zero-order chi connectivity index (χ0) is 11.6. The van der Waals surface area contributed by atoms with E-state index >= 15 is 0 Å². The van der Waals surface area contributed by atoms with Gasteiger partial charge in [0.1, 0.15) is 0 Å². The number of nitrogens with zero attached hydrogens (tertiary/aromatic N) is 1. The van der Waals surface area contributed by atoms with Crippen molar-refractivity contribution in [2.75, 3.05) is 13.1 Å². The molecule has 0 saturated carbocycles. The van der Waals surface area contributed by atoms with Crippen LogP contribution in [0.1, 0.15) is 36.4 Å². The first-order valence-corrected chi connectivity index (χ1v) is 6.93. The number of nitrogens with one attached hydrogen (secondary N) is 1. The fraction of sp³-hybridized carbons (Fsp3) is 0.615. The average Bonchev–Trinajstić information content (AvgIpc) is 2.68. The Kier molecular flexibility index (Phi) is 7.10. The van der Waals surface area contributed by atoms with Gasteiger partial charge in [0.2, 0.25) is 0 Å². The van der Waals surface area contributed by atoms with Crippen molar-refractivity contribution in [1.29, 1.82) is 0 Å². The SMILES string of the molecule is C=CCCCCCNCCc1csc(C)n1. The van der Waals surface area contributed by atoms with E-state index in [9.17, 15) is 0 Å². The number of unbranched alkanes of at least 4 members (excludes halogenated alkanes) is 3. The van der Waals surface area contributed by atoms with Crippen LogP contribution in [0.2, 0.25) is 0 Å². The molecule has 0 unspecified atom stereocenters. The molecule has 0 aliphatic heterocycles. The molecule has 0 radical (unpaired) electrons. The summed E-state index contributed by atoms with van der Waals surface area (Å²) in [6.45, 7) is 7.95. The van der Waals surface area contributed by atoms with Gasteiger partial charge in [-0.15, -0.1) is 17.9 Å². The predicted molar refractivity (Wildman–Crippen MR) is 72.1 cm³/mol. The van der Waals surface area contributed by atoms with Crippen molar-refractivity contribution in [3.63, 3.8) is 0 Å². The second kappa shape index (κ2) is 8.48. The summed E-state index contributed by atoms with van der Waals surface area (Å²) in [5.41, 5.74) is 1.22. The number of rotatable bonds is 9. The molecule has 0 spiro atoms. The van der Waals surface area contributed by atoms with Crippen molar-refractivity contribution in [2.24, 2.45) is 0 Å². The van der Waals surface area contributed by atoms with E-state index in [0.29, 0.717) is 0 Å². The lowest BCUT2D eigenvalue weighted by atomic mass is 10.2. The maximum Gasteiger partial charge on any atom is 0.0897 e. The molecule has 1 heterocycles. The molecule has 0 bridgehead atoms. The Hall–Kier alpha value is -0.670. The van der Waals surface area contributed by atoms with Crippen LogP contribution >= 0.6 is 11.3 Å². The third kappa shape index (κ3) is 6.03. The minimum absolute atomic E-state index is 1.05. The molecular weight excluding hydrogens is 216 g/mol. The number of aryl methyl sites for hydroxylation is 1. The van der Waals surface area contributed by atoms with Crippen LogP contribution in [0.15, 0.2) is 18.0 Å². The van der Waals surface area contributed by atoms with Crippen molar-refractivity contribution < 1.29 is 0 Å². The van der Waals surface area contributed by atoms with Crippen molar-refractivity contribution in [3.05, 3.63) is 28.7 Å². The highest BCUT2D eigenvalue weighted by atomic mass is 32.1. The highest BCUT2D eigenvalue weighted by Gasteiger charge is 1.97. The van der Waals surface area contributed by atoms with Gasteiger partial charge in [0.05, 0.1) is 10.7 Å². The molecule has 1 aromatic heterocycles. The Morgan fingerprint density at radius 2 is 2.25 bits per heavy atom. The summed E-state index contributed by atoms with van der Waals surface area (Å²) in [4.78, 5) is 4.44. The van der Waals surface area contributed by atoms with Gasteiger partial charge in [0.15, 0.2) is 0 Å². The Balaban J connectivity index is 1.90. The van der Waals surface area contributed by atoms with Crippen LogP contribution in [0.3, 0.4) is 0 Å². The predicted octanol–water partition coefficient (Wildman–Crippen LogP) is 3.33. The molecule has 0 amide bonds. The number of allylic oxidation sites excluding steroid dienone is 1. The van der Waals surface area contributed by atoms with Crippen LogP contribution < -0.4 is 5.32 Å². The molecule has 1 aromatic rings. The van der Waals surface area contributed by atoms with Crippen molar-refractivity contribution in [2.45, 2.75) is 39.0 Å².